The molecule has 0 heterocycles. The highest BCUT2D eigenvalue weighted by Crippen LogP contribution is 2.36. The predicted molar refractivity (Wildman–Crippen MR) is 63.0 cm³/mol. The molecule has 0 saturated carbocycles. The predicted octanol–water partition coefficient (Wildman–Crippen LogP) is 3.47. The van der Waals surface area contributed by atoms with Crippen molar-refractivity contribution in [1.29, 1.82) is 0 Å². The largest absolute Gasteiger partial charge is 0.872 e. The van der Waals surface area contributed by atoms with Crippen LogP contribution in [0.1, 0.15) is 46.6 Å². The zero-order valence-electron chi connectivity index (χ0n) is 10.4. The van der Waals surface area contributed by atoms with Crippen LogP contribution in [0.25, 0.3) is 0 Å². The van der Waals surface area contributed by atoms with Gasteiger partial charge < -0.3 is 5.11 Å². The Balaban J connectivity index is 2.90. The lowest BCUT2D eigenvalue weighted by Crippen LogP contribution is -2.24. The van der Waals surface area contributed by atoms with E-state index in [0.717, 1.165) is 6.42 Å². The van der Waals surface area contributed by atoms with Crippen molar-refractivity contribution < 1.29 is 5.11 Å². The number of hydrogen-bond acceptors (Lipinski definition) is 1. The molecule has 0 spiro atoms. The second kappa shape index (κ2) is 3.88. The van der Waals surface area contributed by atoms with Gasteiger partial charge in [0.05, 0.1) is 0 Å². The molecular weight excluding hydrogens is 184 g/mol. The van der Waals surface area contributed by atoms with Crippen molar-refractivity contribution in [3.63, 3.8) is 0 Å². The van der Waals surface area contributed by atoms with Gasteiger partial charge in [0.1, 0.15) is 0 Å². The average Bonchev–Trinajstić information content (AvgIpc) is 2.00. The van der Waals surface area contributed by atoms with Crippen LogP contribution in [0, 0.1) is 5.41 Å². The molecule has 1 aromatic rings. The molecular formula is C14H21O-. The van der Waals surface area contributed by atoms with Gasteiger partial charge in [-0.3, -0.25) is 0 Å². The molecule has 0 aromatic heterocycles. The van der Waals surface area contributed by atoms with E-state index in [4.69, 9.17) is 0 Å². The maximum atomic E-state index is 11.0. The molecule has 0 bridgehead atoms. The van der Waals surface area contributed by atoms with Crippen LogP contribution in [0.2, 0.25) is 0 Å². The molecule has 84 valence electrons. The Kier molecular flexibility index (Phi) is 3.13. The van der Waals surface area contributed by atoms with Crippen molar-refractivity contribution in [2.24, 2.45) is 5.41 Å². The molecule has 15 heavy (non-hydrogen) atoms. The van der Waals surface area contributed by atoms with Crippen molar-refractivity contribution in [3.05, 3.63) is 29.8 Å². The highest BCUT2D eigenvalue weighted by Gasteiger charge is 2.26. The Morgan fingerprint density at radius 1 is 0.933 bits per heavy atom. The van der Waals surface area contributed by atoms with E-state index in [0.29, 0.717) is 5.41 Å². The fraction of sp³-hybridized carbons (Fsp3) is 0.571. The fourth-order valence-electron chi connectivity index (χ4n) is 2.33. The van der Waals surface area contributed by atoms with E-state index in [-0.39, 0.29) is 11.2 Å². The first-order valence-electron chi connectivity index (χ1n) is 5.48. The Bertz CT molecular complexity index is 314. The molecule has 0 radical (unpaired) electrons. The molecule has 0 fully saturated rings. The van der Waals surface area contributed by atoms with E-state index in [1.165, 1.54) is 5.56 Å². The van der Waals surface area contributed by atoms with Crippen LogP contribution >= 0.6 is 0 Å². The van der Waals surface area contributed by atoms with Crippen LogP contribution in [0.4, 0.5) is 0 Å². The van der Waals surface area contributed by atoms with Gasteiger partial charge >= 0.3 is 0 Å². The highest BCUT2D eigenvalue weighted by atomic mass is 16.3. The summed E-state index contributed by atoms with van der Waals surface area (Å²) in [6, 6.07) is 7.21. The maximum Gasteiger partial charge on any atom is -0.00986 e. The lowest BCUT2D eigenvalue weighted by atomic mass is 9.72. The minimum absolute atomic E-state index is 0.0882. The lowest BCUT2D eigenvalue weighted by Gasteiger charge is -2.33. The van der Waals surface area contributed by atoms with Crippen LogP contribution in [0.3, 0.4) is 0 Å². The molecule has 0 aliphatic heterocycles. The Morgan fingerprint density at radius 3 is 1.80 bits per heavy atom. The summed E-state index contributed by atoms with van der Waals surface area (Å²) in [6.45, 7) is 11.2. The topological polar surface area (TPSA) is 23.1 Å². The zero-order chi connectivity index (χ0) is 11.7. The van der Waals surface area contributed by atoms with E-state index in [1.807, 2.05) is 12.1 Å². The van der Waals surface area contributed by atoms with Gasteiger partial charge in [0.25, 0.3) is 0 Å². The quantitative estimate of drug-likeness (QED) is 0.725. The van der Waals surface area contributed by atoms with Crippen molar-refractivity contribution in [1.82, 2.24) is 0 Å². The normalized spacial score (nSPS) is 12.9. The van der Waals surface area contributed by atoms with E-state index in [9.17, 15) is 5.11 Å². The van der Waals surface area contributed by atoms with Crippen LogP contribution in [-0.2, 0) is 5.41 Å². The summed E-state index contributed by atoms with van der Waals surface area (Å²) in [5.74, 6) is 0.0882. The minimum atomic E-state index is 0.0882. The Labute approximate surface area is 93.1 Å². The minimum Gasteiger partial charge on any atom is -0.872 e. The summed E-state index contributed by atoms with van der Waals surface area (Å²) >= 11 is 0. The van der Waals surface area contributed by atoms with Gasteiger partial charge in [-0.25, -0.2) is 0 Å². The van der Waals surface area contributed by atoms with Gasteiger partial charge in [0, 0.05) is 0 Å². The molecule has 1 rings (SSSR count). The van der Waals surface area contributed by atoms with Gasteiger partial charge in [-0.15, -0.1) is 5.75 Å². The van der Waals surface area contributed by atoms with Crippen molar-refractivity contribution in [3.8, 4) is 5.75 Å². The highest BCUT2D eigenvalue weighted by molar-refractivity contribution is 5.30. The van der Waals surface area contributed by atoms with Gasteiger partial charge in [-0.05, 0) is 22.8 Å². The first-order chi connectivity index (χ1) is 6.71. The number of hydrogen-bond donors (Lipinski definition) is 0. The lowest BCUT2D eigenvalue weighted by molar-refractivity contribution is -0.268. The van der Waals surface area contributed by atoms with E-state index < -0.39 is 0 Å². The summed E-state index contributed by atoms with van der Waals surface area (Å²) in [5.41, 5.74) is 1.68. The second-order valence-corrected chi connectivity index (χ2v) is 6.15. The first-order valence-corrected chi connectivity index (χ1v) is 5.48. The zero-order valence-corrected chi connectivity index (χ0v) is 10.4. The van der Waals surface area contributed by atoms with Crippen molar-refractivity contribution in [2.45, 2.75) is 46.5 Å². The third-order valence-corrected chi connectivity index (χ3v) is 2.61. The third-order valence-electron chi connectivity index (χ3n) is 2.61. The average molecular weight is 205 g/mol. The fourth-order valence-corrected chi connectivity index (χ4v) is 2.33. The van der Waals surface area contributed by atoms with Gasteiger partial charge in [0.15, 0.2) is 0 Å². The van der Waals surface area contributed by atoms with Crippen LogP contribution in [0.15, 0.2) is 24.3 Å². The number of rotatable bonds is 2. The molecule has 1 nitrogen and oxygen atoms in total. The summed E-state index contributed by atoms with van der Waals surface area (Å²) in [4.78, 5) is 0. The van der Waals surface area contributed by atoms with Gasteiger partial charge in [0.2, 0.25) is 0 Å². The maximum absolute atomic E-state index is 11.0. The molecule has 1 heteroatoms. The SMILES string of the molecule is CC(C)(C)CC(C)(C)c1ccc([O-])cc1. The van der Waals surface area contributed by atoms with E-state index in [1.54, 1.807) is 12.1 Å². The van der Waals surface area contributed by atoms with Crippen LogP contribution < -0.4 is 5.11 Å². The monoisotopic (exact) mass is 205 g/mol. The third kappa shape index (κ3) is 3.58. The molecule has 1 aromatic carbocycles. The first kappa shape index (κ1) is 12.1. The summed E-state index contributed by atoms with van der Waals surface area (Å²) in [5, 5.41) is 11.0. The van der Waals surface area contributed by atoms with Crippen molar-refractivity contribution in [2.75, 3.05) is 0 Å². The Hall–Kier alpha value is -0.980. The van der Waals surface area contributed by atoms with E-state index >= 15 is 0 Å². The van der Waals surface area contributed by atoms with E-state index in [2.05, 4.69) is 34.6 Å². The van der Waals surface area contributed by atoms with Crippen molar-refractivity contribution >= 4 is 0 Å². The molecule has 0 atom stereocenters. The van der Waals surface area contributed by atoms with Gasteiger partial charge in [-0.1, -0.05) is 58.9 Å². The summed E-state index contributed by atoms with van der Waals surface area (Å²) in [6.07, 6.45) is 1.11. The summed E-state index contributed by atoms with van der Waals surface area (Å²) < 4.78 is 0. The summed E-state index contributed by atoms with van der Waals surface area (Å²) in [7, 11) is 0. The van der Waals surface area contributed by atoms with Crippen LogP contribution in [-0.4, -0.2) is 0 Å². The van der Waals surface area contributed by atoms with Crippen LogP contribution in [0.5, 0.6) is 5.75 Å². The molecule has 0 N–H and O–H groups in total. The number of benzene rings is 1. The molecule has 0 aliphatic carbocycles. The molecule has 0 amide bonds. The second-order valence-electron chi connectivity index (χ2n) is 6.15. The molecule has 0 unspecified atom stereocenters. The molecule has 0 aliphatic rings. The molecule has 0 saturated heterocycles. The smallest absolute Gasteiger partial charge is 0.00986 e. The van der Waals surface area contributed by atoms with Gasteiger partial charge in [-0.2, -0.15) is 0 Å². The standard InChI is InChI=1S/C14H22O/c1-13(2,3)10-14(4,5)11-6-8-12(15)9-7-11/h6-9,15H,10H2,1-5H3/p-1. The Morgan fingerprint density at radius 2 is 1.40 bits per heavy atom.